The highest BCUT2D eigenvalue weighted by atomic mass is 35.5. The van der Waals surface area contributed by atoms with Crippen molar-refractivity contribution in [3.05, 3.63) is 44.1 Å². The molecular weight excluding hydrogens is 347 g/mol. The molecule has 0 saturated heterocycles. The number of carbonyl (C=O) groups excluding carboxylic acids is 2. The summed E-state index contributed by atoms with van der Waals surface area (Å²) in [4.78, 5) is 35.2. The Morgan fingerprint density at radius 3 is 2.30 bits per heavy atom. The van der Waals surface area contributed by atoms with Gasteiger partial charge in [0.1, 0.15) is 0 Å². The Labute approximate surface area is 141 Å². The number of halogens is 2. The van der Waals surface area contributed by atoms with E-state index in [0.29, 0.717) is 0 Å². The molecule has 23 heavy (non-hydrogen) atoms. The van der Waals surface area contributed by atoms with Gasteiger partial charge in [0.25, 0.3) is 11.6 Å². The number of carbonyl (C=O) groups is 2. The highest BCUT2D eigenvalue weighted by Gasteiger charge is 2.32. The second-order valence-corrected chi connectivity index (χ2v) is 5.85. The van der Waals surface area contributed by atoms with Crippen LogP contribution in [0.2, 0.25) is 10.0 Å². The Morgan fingerprint density at radius 2 is 1.83 bits per heavy atom. The molecule has 0 saturated carbocycles. The van der Waals surface area contributed by atoms with E-state index in [1.165, 1.54) is 6.08 Å². The van der Waals surface area contributed by atoms with Crippen LogP contribution in [0.5, 0.6) is 5.75 Å². The first-order valence-corrected chi connectivity index (χ1v) is 7.35. The van der Waals surface area contributed by atoms with Crippen molar-refractivity contribution >= 4 is 40.7 Å². The predicted molar refractivity (Wildman–Crippen MR) is 83.4 cm³/mol. The molecule has 0 radical (unpaired) electrons. The number of amides is 2. The van der Waals surface area contributed by atoms with E-state index in [9.17, 15) is 19.7 Å². The Kier molecular flexibility index (Phi) is 4.91. The topological polar surface area (TPSA) is 89.8 Å². The SMILES string of the molecule is CC(C)N1C(=O)CC=C(Oc2c(Cl)cc([N+](=O)[O-])cc2Cl)C1=O. The number of nitro benzene ring substituents is 1. The molecule has 0 aromatic heterocycles. The summed E-state index contributed by atoms with van der Waals surface area (Å²) < 4.78 is 5.42. The van der Waals surface area contributed by atoms with E-state index in [2.05, 4.69) is 0 Å². The van der Waals surface area contributed by atoms with Crippen LogP contribution in [-0.2, 0) is 9.59 Å². The molecule has 2 rings (SSSR count). The third-order valence-corrected chi connectivity index (χ3v) is 3.64. The van der Waals surface area contributed by atoms with Crippen LogP contribution >= 0.6 is 23.2 Å². The number of imide groups is 1. The quantitative estimate of drug-likeness (QED) is 0.467. The summed E-state index contributed by atoms with van der Waals surface area (Å²) >= 11 is 11.9. The molecule has 1 heterocycles. The summed E-state index contributed by atoms with van der Waals surface area (Å²) in [5.74, 6) is -1.12. The van der Waals surface area contributed by atoms with Crippen molar-refractivity contribution in [2.24, 2.45) is 0 Å². The summed E-state index contributed by atoms with van der Waals surface area (Å²) in [6, 6.07) is 1.81. The number of hydrogen-bond donors (Lipinski definition) is 0. The smallest absolute Gasteiger partial charge is 0.296 e. The molecule has 0 bridgehead atoms. The van der Waals surface area contributed by atoms with Gasteiger partial charge in [-0.2, -0.15) is 0 Å². The minimum Gasteiger partial charge on any atom is -0.449 e. The lowest BCUT2D eigenvalue weighted by atomic mass is 10.1. The number of nitro groups is 1. The Balaban J connectivity index is 2.34. The molecule has 0 spiro atoms. The van der Waals surface area contributed by atoms with Gasteiger partial charge in [0.2, 0.25) is 5.91 Å². The monoisotopic (exact) mass is 358 g/mol. The minimum atomic E-state index is -0.647. The molecule has 0 aliphatic carbocycles. The van der Waals surface area contributed by atoms with Crippen LogP contribution in [0.3, 0.4) is 0 Å². The van der Waals surface area contributed by atoms with Crippen LogP contribution in [0.1, 0.15) is 20.3 Å². The highest BCUT2D eigenvalue weighted by molar-refractivity contribution is 6.37. The van der Waals surface area contributed by atoms with E-state index in [1.807, 2.05) is 0 Å². The largest absolute Gasteiger partial charge is 0.449 e. The van der Waals surface area contributed by atoms with Gasteiger partial charge in [0, 0.05) is 24.6 Å². The summed E-state index contributed by atoms with van der Waals surface area (Å²) in [5.41, 5.74) is -0.296. The van der Waals surface area contributed by atoms with Crippen molar-refractivity contribution in [3.8, 4) is 5.75 Å². The second kappa shape index (κ2) is 6.55. The molecule has 1 aromatic carbocycles. The maximum absolute atomic E-state index is 12.3. The molecule has 9 heteroatoms. The fourth-order valence-electron chi connectivity index (χ4n) is 2.06. The summed E-state index contributed by atoms with van der Waals surface area (Å²) in [6.07, 6.45) is 1.33. The van der Waals surface area contributed by atoms with Crippen molar-refractivity contribution < 1.29 is 19.2 Å². The van der Waals surface area contributed by atoms with Gasteiger partial charge < -0.3 is 4.74 Å². The van der Waals surface area contributed by atoms with Crippen molar-refractivity contribution in [3.63, 3.8) is 0 Å². The fraction of sp³-hybridized carbons (Fsp3) is 0.286. The standard InChI is InChI=1S/C14H12Cl2N2O5/c1-7(2)17-12(19)4-3-11(14(17)20)23-13-9(15)5-8(18(21)22)6-10(13)16/h3,5-7H,4H2,1-2H3. The predicted octanol–water partition coefficient (Wildman–Crippen LogP) is 3.33. The third-order valence-electron chi connectivity index (χ3n) is 3.08. The molecular formula is C14H12Cl2N2O5. The van der Waals surface area contributed by atoms with Crippen LogP contribution in [0.15, 0.2) is 24.0 Å². The van der Waals surface area contributed by atoms with E-state index >= 15 is 0 Å². The summed E-state index contributed by atoms with van der Waals surface area (Å²) in [6.45, 7) is 3.40. The lowest BCUT2D eigenvalue weighted by Crippen LogP contribution is -2.45. The number of ether oxygens (including phenoxy) is 1. The number of non-ortho nitro benzene ring substituents is 1. The Hall–Kier alpha value is -2.12. The number of benzene rings is 1. The van der Waals surface area contributed by atoms with Crippen molar-refractivity contribution in [2.45, 2.75) is 26.3 Å². The molecule has 0 fully saturated rings. The number of hydrogen-bond acceptors (Lipinski definition) is 5. The van der Waals surface area contributed by atoms with Gasteiger partial charge in [-0.15, -0.1) is 0 Å². The van der Waals surface area contributed by atoms with Gasteiger partial charge in [0.15, 0.2) is 11.5 Å². The van der Waals surface area contributed by atoms with Crippen LogP contribution < -0.4 is 4.74 Å². The molecule has 1 aliphatic rings. The zero-order valence-corrected chi connectivity index (χ0v) is 13.7. The number of rotatable bonds is 4. The Bertz CT molecular complexity index is 707. The average Bonchev–Trinajstić information content (AvgIpc) is 2.44. The normalized spacial score (nSPS) is 15.0. The molecule has 0 atom stereocenters. The first kappa shape index (κ1) is 17.2. The fourth-order valence-corrected chi connectivity index (χ4v) is 2.62. The van der Waals surface area contributed by atoms with Gasteiger partial charge in [-0.05, 0) is 19.9 Å². The maximum Gasteiger partial charge on any atom is 0.296 e. The Morgan fingerprint density at radius 1 is 1.26 bits per heavy atom. The van der Waals surface area contributed by atoms with Crippen molar-refractivity contribution in [2.75, 3.05) is 0 Å². The molecule has 0 unspecified atom stereocenters. The van der Waals surface area contributed by atoms with E-state index in [-0.39, 0.29) is 45.6 Å². The molecule has 2 amide bonds. The number of nitrogens with zero attached hydrogens (tertiary/aromatic N) is 2. The van der Waals surface area contributed by atoms with Crippen LogP contribution in [0.4, 0.5) is 5.69 Å². The van der Waals surface area contributed by atoms with Crippen molar-refractivity contribution in [1.29, 1.82) is 0 Å². The molecule has 122 valence electrons. The first-order chi connectivity index (χ1) is 10.7. The van der Waals surface area contributed by atoms with Gasteiger partial charge in [0.05, 0.1) is 15.0 Å². The maximum atomic E-state index is 12.3. The van der Waals surface area contributed by atoms with Crippen LogP contribution in [0, 0.1) is 10.1 Å². The third kappa shape index (κ3) is 3.46. The summed E-state index contributed by atoms with van der Waals surface area (Å²) in [7, 11) is 0. The van der Waals surface area contributed by atoms with Crippen LogP contribution in [0.25, 0.3) is 0 Å². The van der Waals surface area contributed by atoms with Gasteiger partial charge in [-0.1, -0.05) is 23.2 Å². The van der Waals surface area contributed by atoms with Gasteiger partial charge in [-0.25, -0.2) is 0 Å². The van der Waals surface area contributed by atoms with E-state index in [1.54, 1.807) is 13.8 Å². The lowest BCUT2D eigenvalue weighted by molar-refractivity contribution is -0.384. The first-order valence-electron chi connectivity index (χ1n) is 6.60. The van der Waals surface area contributed by atoms with E-state index < -0.39 is 10.8 Å². The average molecular weight is 359 g/mol. The van der Waals surface area contributed by atoms with Gasteiger partial charge >= 0.3 is 0 Å². The molecule has 7 nitrogen and oxygen atoms in total. The summed E-state index contributed by atoms with van der Waals surface area (Å²) in [5, 5.41) is 10.5. The second-order valence-electron chi connectivity index (χ2n) is 5.03. The molecule has 1 aromatic rings. The van der Waals surface area contributed by atoms with E-state index in [4.69, 9.17) is 27.9 Å². The molecule has 0 N–H and O–H groups in total. The van der Waals surface area contributed by atoms with Gasteiger partial charge in [-0.3, -0.25) is 24.6 Å². The van der Waals surface area contributed by atoms with E-state index in [0.717, 1.165) is 17.0 Å². The minimum absolute atomic E-state index is 0.00146. The van der Waals surface area contributed by atoms with Crippen molar-refractivity contribution in [1.82, 2.24) is 4.90 Å². The highest BCUT2D eigenvalue weighted by Crippen LogP contribution is 2.38. The zero-order valence-electron chi connectivity index (χ0n) is 12.2. The van der Waals surface area contributed by atoms with Crippen LogP contribution in [-0.4, -0.2) is 27.7 Å². The molecule has 1 aliphatic heterocycles. The zero-order chi connectivity index (χ0) is 17.3. The lowest BCUT2D eigenvalue weighted by Gasteiger charge is -2.28.